The molecule has 1 saturated carbocycles. The molecule has 2 aliphatic carbocycles. The number of aliphatic carboxylic acids is 1. The van der Waals surface area contributed by atoms with Gasteiger partial charge in [0.2, 0.25) is 0 Å². The van der Waals surface area contributed by atoms with Crippen molar-refractivity contribution in [1.82, 2.24) is 0 Å². The lowest BCUT2D eigenvalue weighted by Crippen LogP contribution is -2.22. The van der Waals surface area contributed by atoms with E-state index >= 15 is 0 Å². The first-order valence-electron chi connectivity index (χ1n) is 11.4. The van der Waals surface area contributed by atoms with E-state index in [0.717, 1.165) is 40.6 Å². The number of methoxy groups -OCH3 is 1. The molecule has 0 saturated heterocycles. The second-order valence-corrected chi connectivity index (χ2v) is 11.3. The maximum atomic E-state index is 11.8. The van der Waals surface area contributed by atoms with Crippen LogP contribution in [0.2, 0.25) is 0 Å². The lowest BCUT2D eigenvalue weighted by molar-refractivity contribution is -0.139. The summed E-state index contributed by atoms with van der Waals surface area (Å²) in [5.41, 5.74) is 4.39. The number of aryl methyl sites for hydroxylation is 1. The van der Waals surface area contributed by atoms with Crippen LogP contribution < -0.4 is 4.74 Å². The Morgan fingerprint density at radius 3 is 2.62 bits per heavy atom. The van der Waals surface area contributed by atoms with Gasteiger partial charge in [0, 0.05) is 17.0 Å². The van der Waals surface area contributed by atoms with E-state index in [4.69, 9.17) is 9.47 Å². The lowest BCUT2D eigenvalue weighted by atomic mass is 9.77. The van der Waals surface area contributed by atoms with Gasteiger partial charge in [0.05, 0.1) is 12.0 Å². The quantitative estimate of drug-likeness (QED) is 0.480. The van der Waals surface area contributed by atoms with Gasteiger partial charge in [-0.05, 0) is 77.1 Å². The number of fused-ring (bicyclic) bond motifs is 2. The molecule has 2 aromatic carbocycles. The SMILES string of the molecule is COC(c1cc(COc2ccc3c(c2)C2(CCC3)C(C)C2C(=O)O)ccc1Br)C(C)(C)C. The van der Waals surface area contributed by atoms with Crippen LogP contribution in [-0.2, 0) is 28.0 Å². The topological polar surface area (TPSA) is 55.8 Å². The van der Waals surface area contributed by atoms with Crippen molar-refractivity contribution in [3.05, 3.63) is 63.1 Å². The highest BCUT2D eigenvalue weighted by molar-refractivity contribution is 9.10. The van der Waals surface area contributed by atoms with Crippen molar-refractivity contribution in [2.24, 2.45) is 17.3 Å². The molecule has 0 radical (unpaired) electrons. The van der Waals surface area contributed by atoms with Crippen molar-refractivity contribution in [2.75, 3.05) is 7.11 Å². The molecular weight excluding hydrogens is 468 g/mol. The van der Waals surface area contributed by atoms with Crippen LogP contribution in [0.15, 0.2) is 40.9 Å². The molecule has 1 spiro atoms. The number of hydrogen-bond acceptors (Lipinski definition) is 3. The smallest absolute Gasteiger partial charge is 0.307 e. The van der Waals surface area contributed by atoms with Crippen molar-refractivity contribution in [3.8, 4) is 5.75 Å². The fourth-order valence-electron chi connectivity index (χ4n) is 5.86. The second kappa shape index (κ2) is 8.49. The third-order valence-corrected chi connectivity index (χ3v) is 8.14. The first-order chi connectivity index (χ1) is 15.1. The highest BCUT2D eigenvalue weighted by atomic mass is 79.9. The van der Waals surface area contributed by atoms with Crippen LogP contribution in [0.25, 0.3) is 0 Å². The molecule has 0 bridgehead atoms. The van der Waals surface area contributed by atoms with Crippen LogP contribution in [0.4, 0.5) is 0 Å². The molecule has 2 aromatic rings. The summed E-state index contributed by atoms with van der Waals surface area (Å²) in [7, 11) is 1.75. The van der Waals surface area contributed by atoms with E-state index in [1.54, 1.807) is 7.11 Å². The average molecular weight is 501 g/mol. The molecule has 2 aliphatic rings. The van der Waals surface area contributed by atoms with E-state index in [1.807, 2.05) is 6.07 Å². The van der Waals surface area contributed by atoms with Crippen LogP contribution in [0.1, 0.15) is 68.9 Å². The van der Waals surface area contributed by atoms with E-state index in [0.29, 0.717) is 6.61 Å². The summed E-state index contributed by atoms with van der Waals surface area (Å²) < 4.78 is 13.0. The first kappa shape index (κ1) is 23.3. The summed E-state index contributed by atoms with van der Waals surface area (Å²) in [4.78, 5) is 11.8. The van der Waals surface area contributed by atoms with Crippen LogP contribution in [0, 0.1) is 17.3 Å². The van der Waals surface area contributed by atoms with Crippen LogP contribution in [0.5, 0.6) is 5.75 Å². The Labute approximate surface area is 199 Å². The normalized spacial score (nSPS) is 25.3. The number of halogens is 1. The van der Waals surface area contributed by atoms with Crippen molar-refractivity contribution >= 4 is 21.9 Å². The number of carboxylic acid groups (broad SMARTS) is 1. The predicted molar refractivity (Wildman–Crippen MR) is 129 cm³/mol. The lowest BCUT2D eigenvalue weighted by Gasteiger charge is -2.30. The number of ether oxygens (including phenoxy) is 2. The van der Waals surface area contributed by atoms with Gasteiger partial charge in [0.15, 0.2) is 0 Å². The minimum absolute atomic E-state index is 0.0365. The molecule has 4 rings (SSSR count). The van der Waals surface area contributed by atoms with Gasteiger partial charge in [-0.2, -0.15) is 0 Å². The minimum atomic E-state index is -0.675. The Kier molecular flexibility index (Phi) is 6.19. The van der Waals surface area contributed by atoms with E-state index in [1.165, 1.54) is 11.1 Å². The molecule has 32 heavy (non-hydrogen) atoms. The maximum absolute atomic E-state index is 11.8. The van der Waals surface area contributed by atoms with Gasteiger partial charge in [0.1, 0.15) is 12.4 Å². The van der Waals surface area contributed by atoms with E-state index in [9.17, 15) is 9.90 Å². The minimum Gasteiger partial charge on any atom is -0.489 e. The largest absolute Gasteiger partial charge is 0.489 e. The van der Waals surface area contributed by atoms with Gasteiger partial charge in [-0.25, -0.2) is 0 Å². The highest BCUT2D eigenvalue weighted by Crippen LogP contribution is 2.65. The zero-order valence-corrected chi connectivity index (χ0v) is 21.2. The highest BCUT2D eigenvalue weighted by Gasteiger charge is 2.67. The Balaban J connectivity index is 1.56. The fourth-order valence-corrected chi connectivity index (χ4v) is 6.32. The number of carbonyl (C=O) groups is 1. The summed E-state index contributed by atoms with van der Waals surface area (Å²) in [5.74, 6) is 0.0170. The monoisotopic (exact) mass is 500 g/mol. The van der Waals surface area contributed by atoms with Gasteiger partial charge in [-0.3, -0.25) is 4.79 Å². The van der Waals surface area contributed by atoms with E-state index in [2.05, 4.69) is 74.0 Å². The zero-order valence-electron chi connectivity index (χ0n) is 19.6. The fraction of sp³-hybridized carbons (Fsp3) is 0.519. The van der Waals surface area contributed by atoms with Crippen molar-refractivity contribution in [1.29, 1.82) is 0 Å². The molecule has 0 heterocycles. The van der Waals surface area contributed by atoms with E-state index in [-0.39, 0.29) is 28.8 Å². The summed E-state index contributed by atoms with van der Waals surface area (Å²) in [5, 5.41) is 9.71. The third-order valence-electron chi connectivity index (χ3n) is 7.41. The number of carboxylic acids is 1. The van der Waals surface area contributed by atoms with Crippen LogP contribution in [-0.4, -0.2) is 18.2 Å². The Hall–Kier alpha value is -1.85. The molecule has 4 unspecified atom stereocenters. The summed E-state index contributed by atoms with van der Waals surface area (Å²) in [6.45, 7) is 9.03. The number of benzene rings is 2. The van der Waals surface area contributed by atoms with Crippen molar-refractivity contribution in [3.63, 3.8) is 0 Å². The Morgan fingerprint density at radius 1 is 1.25 bits per heavy atom. The molecule has 4 atom stereocenters. The molecule has 1 N–H and O–H groups in total. The van der Waals surface area contributed by atoms with Gasteiger partial charge in [-0.15, -0.1) is 0 Å². The van der Waals surface area contributed by atoms with Crippen molar-refractivity contribution < 1.29 is 19.4 Å². The summed E-state index contributed by atoms with van der Waals surface area (Å²) in [6, 6.07) is 12.5. The zero-order chi connectivity index (χ0) is 23.3. The maximum Gasteiger partial charge on any atom is 0.307 e. The van der Waals surface area contributed by atoms with Gasteiger partial charge < -0.3 is 14.6 Å². The van der Waals surface area contributed by atoms with Gasteiger partial charge >= 0.3 is 5.97 Å². The molecule has 1 fully saturated rings. The predicted octanol–water partition coefficient (Wildman–Crippen LogP) is 6.69. The Morgan fingerprint density at radius 2 is 2.00 bits per heavy atom. The summed E-state index contributed by atoms with van der Waals surface area (Å²) >= 11 is 3.68. The molecule has 0 aliphatic heterocycles. The van der Waals surface area contributed by atoms with Gasteiger partial charge in [0.25, 0.3) is 0 Å². The molecule has 4 nitrogen and oxygen atoms in total. The molecule has 5 heteroatoms. The number of rotatable bonds is 6. The molecule has 172 valence electrons. The summed E-state index contributed by atoms with van der Waals surface area (Å²) in [6.07, 6.45) is 2.97. The van der Waals surface area contributed by atoms with Crippen LogP contribution in [0.3, 0.4) is 0 Å². The Bertz CT molecular complexity index is 1020. The van der Waals surface area contributed by atoms with Gasteiger partial charge in [-0.1, -0.05) is 55.8 Å². The number of hydrogen-bond donors (Lipinski definition) is 1. The first-order valence-corrected chi connectivity index (χ1v) is 12.2. The second-order valence-electron chi connectivity index (χ2n) is 10.4. The molecular formula is C27H33BrO4. The standard InChI is InChI=1S/C27H33BrO4/c1-16-23(25(29)30)27(16)12-6-7-18-9-10-19(14-21(18)27)32-15-17-8-11-22(28)20(13-17)24(31-5)26(2,3)4/h8-11,13-14,16,23-24H,6-7,12,15H2,1-5H3,(H,29,30). The third kappa shape index (κ3) is 3.99. The van der Waals surface area contributed by atoms with Crippen molar-refractivity contribution in [2.45, 2.75) is 65.1 Å². The average Bonchev–Trinajstić information content (AvgIpc) is 3.32. The van der Waals surface area contributed by atoms with Crippen LogP contribution >= 0.6 is 15.9 Å². The molecule has 0 amide bonds. The molecule has 0 aromatic heterocycles. The van der Waals surface area contributed by atoms with E-state index < -0.39 is 5.97 Å².